The molecule has 0 N–H and O–H groups in total. The standard InChI is InChI=1S/C12H18INO/c1-3-14(2)9-6-10-15-12-8-5-4-7-11(12)13/h4-5,7-8H,3,6,9-10H2,1-2H3. The topological polar surface area (TPSA) is 12.5 Å². The molecule has 1 aromatic rings. The zero-order valence-electron chi connectivity index (χ0n) is 9.37. The van der Waals surface area contributed by atoms with Crippen LogP contribution in [0.2, 0.25) is 0 Å². The third kappa shape index (κ3) is 4.84. The van der Waals surface area contributed by atoms with Crippen LogP contribution in [0.4, 0.5) is 0 Å². The Hall–Kier alpha value is -0.290. The fraction of sp³-hybridized carbons (Fsp3) is 0.500. The lowest BCUT2D eigenvalue weighted by Gasteiger charge is -2.14. The van der Waals surface area contributed by atoms with Crippen LogP contribution < -0.4 is 4.74 Å². The molecule has 0 aliphatic heterocycles. The van der Waals surface area contributed by atoms with Crippen LogP contribution in [0.25, 0.3) is 0 Å². The smallest absolute Gasteiger partial charge is 0.132 e. The summed E-state index contributed by atoms with van der Waals surface area (Å²) >= 11 is 2.30. The normalized spacial score (nSPS) is 10.7. The Kier molecular flexibility index (Phi) is 6.02. The minimum atomic E-state index is 0.796. The van der Waals surface area contributed by atoms with Gasteiger partial charge in [0.25, 0.3) is 0 Å². The molecule has 1 aromatic carbocycles. The van der Waals surface area contributed by atoms with Gasteiger partial charge in [-0.3, -0.25) is 0 Å². The molecule has 0 aliphatic carbocycles. The van der Waals surface area contributed by atoms with Crippen LogP contribution in [0, 0.1) is 3.57 Å². The number of ether oxygens (including phenoxy) is 1. The second-order valence-corrected chi connectivity index (χ2v) is 4.69. The van der Waals surface area contributed by atoms with Gasteiger partial charge in [0.2, 0.25) is 0 Å². The van der Waals surface area contributed by atoms with E-state index in [1.54, 1.807) is 0 Å². The number of hydrogen-bond acceptors (Lipinski definition) is 2. The first-order valence-corrected chi connectivity index (χ1v) is 6.37. The molecule has 15 heavy (non-hydrogen) atoms. The van der Waals surface area contributed by atoms with Crippen LogP contribution in [0.3, 0.4) is 0 Å². The maximum absolute atomic E-state index is 5.70. The van der Waals surface area contributed by atoms with E-state index < -0.39 is 0 Å². The van der Waals surface area contributed by atoms with Gasteiger partial charge >= 0.3 is 0 Å². The number of halogens is 1. The van der Waals surface area contributed by atoms with Gasteiger partial charge in [-0.1, -0.05) is 19.1 Å². The summed E-state index contributed by atoms with van der Waals surface area (Å²) in [5.41, 5.74) is 0. The van der Waals surface area contributed by atoms with Gasteiger partial charge in [0.15, 0.2) is 0 Å². The molecule has 0 atom stereocenters. The van der Waals surface area contributed by atoms with Gasteiger partial charge in [-0.15, -0.1) is 0 Å². The van der Waals surface area contributed by atoms with Crippen molar-refractivity contribution in [1.82, 2.24) is 4.90 Å². The van der Waals surface area contributed by atoms with Gasteiger partial charge in [0.05, 0.1) is 10.2 Å². The van der Waals surface area contributed by atoms with Crippen LogP contribution in [0.1, 0.15) is 13.3 Å². The van der Waals surface area contributed by atoms with Crippen molar-refractivity contribution in [3.63, 3.8) is 0 Å². The summed E-state index contributed by atoms with van der Waals surface area (Å²) in [5.74, 6) is 0.997. The quantitative estimate of drug-likeness (QED) is 0.590. The number of rotatable bonds is 6. The second-order valence-electron chi connectivity index (χ2n) is 3.53. The highest BCUT2D eigenvalue weighted by molar-refractivity contribution is 14.1. The Morgan fingerprint density at radius 1 is 1.33 bits per heavy atom. The van der Waals surface area contributed by atoms with Crippen molar-refractivity contribution in [1.29, 1.82) is 0 Å². The Morgan fingerprint density at radius 3 is 2.73 bits per heavy atom. The number of para-hydroxylation sites is 1. The lowest BCUT2D eigenvalue weighted by molar-refractivity contribution is 0.267. The Morgan fingerprint density at radius 2 is 2.07 bits per heavy atom. The first kappa shape index (κ1) is 12.8. The summed E-state index contributed by atoms with van der Waals surface area (Å²) in [6, 6.07) is 8.12. The minimum absolute atomic E-state index is 0.796. The lowest BCUT2D eigenvalue weighted by atomic mass is 10.3. The third-order valence-corrected chi connectivity index (χ3v) is 3.21. The number of benzene rings is 1. The molecule has 2 nitrogen and oxygen atoms in total. The van der Waals surface area contributed by atoms with Crippen LogP contribution in [0.5, 0.6) is 5.75 Å². The molecule has 0 bridgehead atoms. The monoisotopic (exact) mass is 319 g/mol. The minimum Gasteiger partial charge on any atom is -0.492 e. The maximum Gasteiger partial charge on any atom is 0.132 e. The van der Waals surface area contributed by atoms with Crippen molar-refractivity contribution in [3.8, 4) is 5.75 Å². The largest absolute Gasteiger partial charge is 0.492 e. The van der Waals surface area contributed by atoms with E-state index in [0.29, 0.717) is 0 Å². The molecule has 0 unspecified atom stereocenters. The molecule has 0 fully saturated rings. The van der Waals surface area contributed by atoms with E-state index >= 15 is 0 Å². The molecule has 0 amide bonds. The van der Waals surface area contributed by atoms with Crippen molar-refractivity contribution < 1.29 is 4.74 Å². The molecular formula is C12H18INO. The Labute approximate surface area is 106 Å². The summed E-state index contributed by atoms with van der Waals surface area (Å²) in [6.45, 7) is 5.16. The fourth-order valence-corrected chi connectivity index (χ4v) is 1.78. The maximum atomic E-state index is 5.70. The number of nitrogens with zero attached hydrogens (tertiary/aromatic N) is 1. The molecule has 0 radical (unpaired) electrons. The molecule has 1 rings (SSSR count). The van der Waals surface area contributed by atoms with E-state index in [1.807, 2.05) is 18.2 Å². The summed E-state index contributed by atoms with van der Waals surface area (Å²) in [4.78, 5) is 2.29. The van der Waals surface area contributed by atoms with E-state index in [2.05, 4.69) is 47.5 Å². The first-order chi connectivity index (χ1) is 7.24. The molecule has 84 valence electrons. The van der Waals surface area contributed by atoms with Gasteiger partial charge in [-0.05, 0) is 54.7 Å². The van der Waals surface area contributed by atoms with E-state index in [9.17, 15) is 0 Å². The van der Waals surface area contributed by atoms with Gasteiger partial charge in [0.1, 0.15) is 5.75 Å². The van der Waals surface area contributed by atoms with Crippen molar-refractivity contribution in [2.45, 2.75) is 13.3 Å². The first-order valence-electron chi connectivity index (χ1n) is 5.30. The molecule has 0 spiro atoms. The van der Waals surface area contributed by atoms with Crippen molar-refractivity contribution in [2.24, 2.45) is 0 Å². The van der Waals surface area contributed by atoms with E-state index in [4.69, 9.17) is 4.74 Å². The van der Waals surface area contributed by atoms with Gasteiger partial charge in [0, 0.05) is 6.54 Å². The summed E-state index contributed by atoms with van der Waals surface area (Å²) < 4.78 is 6.88. The molecule has 0 heterocycles. The van der Waals surface area contributed by atoms with E-state index in [1.165, 1.54) is 3.57 Å². The van der Waals surface area contributed by atoms with Gasteiger partial charge in [-0.2, -0.15) is 0 Å². The SMILES string of the molecule is CCN(C)CCCOc1ccccc1I. The second kappa shape index (κ2) is 7.06. The van der Waals surface area contributed by atoms with Crippen LogP contribution in [-0.4, -0.2) is 31.6 Å². The van der Waals surface area contributed by atoms with Gasteiger partial charge < -0.3 is 9.64 Å². The zero-order chi connectivity index (χ0) is 11.1. The highest BCUT2D eigenvalue weighted by Crippen LogP contribution is 2.19. The predicted octanol–water partition coefficient (Wildman–Crippen LogP) is 3.01. The fourth-order valence-electron chi connectivity index (χ4n) is 1.24. The summed E-state index contributed by atoms with van der Waals surface area (Å²) in [5, 5.41) is 0. The van der Waals surface area contributed by atoms with Crippen molar-refractivity contribution >= 4 is 22.6 Å². The molecule has 0 saturated carbocycles. The summed E-state index contributed by atoms with van der Waals surface area (Å²) in [7, 11) is 2.13. The van der Waals surface area contributed by atoms with Gasteiger partial charge in [-0.25, -0.2) is 0 Å². The lowest BCUT2D eigenvalue weighted by Crippen LogP contribution is -2.20. The van der Waals surface area contributed by atoms with E-state index in [0.717, 1.165) is 31.9 Å². The van der Waals surface area contributed by atoms with E-state index in [-0.39, 0.29) is 0 Å². The predicted molar refractivity (Wildman–Crippen MR) is 72.4 cm³/mol. The average molecular weight is 319 g/mol. The van der Waals surface area contributed by atoms with Crippen LogP contribution in [0.15, 0.2) is 24.3 Å². The Bertz CT molecular complexity index is 291. The third-order valence-electron chi connectivity index (χ3n) is 2.32. The molecular weight excluding hydrogens is 301 g/mol. The summed E-state index contributed by atoms with van der Waals surface area (Å²) in [6.07, 6.45) is 1.08. The molecule has 0 aromatic heterocycles. The van der Waals surface area contributed by atoms with Crippen LogP contribution >= 0.6 is 22.6 Å². The van der Waals surface area contributed by atoms with Crippen molar-refractivity contribution in [2.75, 3.05) is 26.7 Å². The van der Waals surface area contributed by atoms with Crippen LogP contribution in [-0.2, 0) is 0 Å². The van der Waals surface area contributed by atoms with Crippen molar-refractivity contribution in [3.05, 3.63) is 27.8 Å². The molecule has 0 saturated heterocycles. The Balaban J connectivity index is 2.23. The average Bonchev–Trinajstić information content (AvgIpc) is 2.26. The number of hydrogen-bond donors (Lipinski definition) is 0. The highest BCUT2D eigenvalue weighted by Gasteiger charge is 1.99. The molecule has 3 heteroatoms. The highest BCUT2D eigenvalue weighted by atomic mass is 127. The zero-order valence-corrected chi connectivity index (χ0v) is 11.5. The molecule has 0 aliphatic rings.